The molecule has 0 bridgehead atoms. The Labute approximate surface area is 87.0 Å². The molecule has 0 radical (unpaired) electrons. The standard InChI is InChI=1S/C8H14N4O3/c1-3-4-12-7(9-10-11-12)5-15-6(2)8(13)14/h6H,3-5H2,1-2H3,(H,13,14)/t6-/m0/s1. The molecule has 0 aliphatic heterocycles. The second kappa shape index (κ2) is 5.40. The Kier molecular flexibility index (Phi) is 4.17. The molecule has 0 saturated carbocycles. The van der Waals surface area contributed by atoms with E-state index in [4.69, 9.17) is 9.84 Å². The molecule has 0 aliphatic rings. The number of aromatic nitrogens is 4. The maximum atomic E-state index is 10.5. The normalized spacial score (nSPS) is 12.7. The highest BCUT2D eigenvalue weighted by molar-refractivity contribution is 5.71. The summed E-state index contributed by atoms with van der Waals surface area (Å²) in [7, 11) is 0. The lowest BCUT2D eigenvalue weighted by molar-refractivity contribution is -0.150. The van der Waals surface area contributed by atoms with Crippen molar-refractivity contribution in [1.82, 2.24) is 20.2 Å². The highest BCUT2D eigenvalue weighted by Gasteiger charge is 2.13. The third kappa shape index (κ3) is 3.28. The smallest absolute Gasteiger partial charge is 0.332 e. The molecule has 84 valence electrons. The first-order chi connectivity index (χ1) is 7.15. The van der Waals surface area contributed by atoms with Crippen LogP contribution in [0.4, 0.5) is 0 Å². The molecule has 0 amide bonds. The molecular weight excluding hydrogens is 200 g/mol. The molecule has 15 heavy (non-hydrogen) atoms. The van der Waals surface area contributed by atoms with Gasteiger partial charge in [-0.3, -0.25) is 0 Å². The predicted molar refractivity (Wildman–Crippen MR) is 50.0 cm³/mol. The summed E-state index contributed by atoms with van der Waals surface area (Å²) in [6.45, 7) is 4.29. The zero-order valence-corrected chi connectivity index (χ0v) is 8.75. The van der Waals surface area contributed by atoms with E-state index in [9.17, 15) is 4.79 Å². The quantitative estimate of drug-likeness (QED) is 0.720. The highest BCUT2D eigenvalue weighted by atomic mass is 16.5. The number of hydrogen-bond acceptors (Lipinski definition) is 5. The van der Waals surface area contributed by atoms with Crippen molar-refractivity contribution in [3.8, 4) is 0 Å². The van der Waals surface area contributed by atoms with Crippen molar-refractivity contribution in [1.29, 1.82) is 0 Å². The van der Waals surface area contributed by atoms with Crippen molar-refractivity contribution in [2.75, 3.05) is 0 Å². The van der Waals surface area contributed by atoms with Crippen LogP contribution in [0, 0.1) is 0 Å². The van der Waals surface area contributed by atoms with Crippen LogP contribution in [0.25, 0.3) is 0 Å². The molecule has 1 aromatic heterocycles. The number of carboxylic acid groups (broad SMARTS) is 1. The molecule has 0 unspecified atom stereocenters. The van der Waals surface area contributed by atoms with Crippen LogP contribution in [-0.2, 0) is 22.7 Å². The van der Waals surface area contributed by atoms with Crippen molar-refractivity contribution in [3.63, 3.8) is 0 Å². The second-order valence-corrected chi connectivity index (χ2v) is 3.11. The van der Waals surface area contributed by atoms with Gasteiger partial charge in [-0.1, -0.05) is 6.92 Å². The van der Waals surface area contributed by atoms with E-state index in [1.54, 1.807) is 4.68 Å². The predicted octanol–water partition coefficient (Wildman–Crippen LogP) is 0.0728. The van der Waals surface area contributed by atoms with Crippen LogP contribution in [0.15, 0.2) is 0 Å². The zero-order chi connectivity index (χ0) is 11.3. The number of ether oxygens (including phenoxy) is 1. The fourth-order valence-corrected chi connectivity index (χ4v) is 0.983. The minimum absolute atomic E-state index is 0.112. The van der Waals surface area contributed by atoms with Gasteiger partial charge in [0.15, 0.2) is 11.9 Å². The number of nitrogens with zero attached hydrogens (tertiary/aromatic N) is 4. The lowest BCUT2D eigenvalue weighted by Gasteiger charge is -2.07. The maximum absolute atomic E-state index is 10.5. The second-order valence-electron chi connectivity index (χ2n) is 3.11. The van der Waals surface area contributed by atoms with E-state index >= 15 is 0 Å². The Balaban J connectivity index is 2.49. The lowest BCUT2D eigenvalue weighted by Crippen LogP contribution is -2.20. The van der Waals surface area contributed by atoms with E-state index < -0.39 is 12.1 Å². The van der Waals surface area contributed by atoms with Gasteiger partial charge in [0.05, 0.1) is 0 Å². The minimum atomic E-state index is -0.996. The maximum Gasteiger partial charge on any atom is 0.332 e. The molecule has 0 aromatic carbocycles. The Morgan fingerprint density at radius 3 is 3.00 bits per heavy atom. The van der Waals surface area contributed by atoms with Crippen LogP contribution in [-0.4, -0.2) is 37.4 Å². The molecular formula is C8H14N4O3. The van der Waals surface area contributed by atoms with Crippen LogP contribution < -0.4 is 0 Å². The van der Waals surface area contributed by atoms with Gasteiger partial charge in [-0.15, -0.1) is 5.10 Å². The third-order valence-electron chi connectivity index (χ3n) is 1.85. The van der Waals surface area contributed by atoms with Crippen LogP contribution in [0.2, 0.25) is 0 Å². The first kappa shape index (κ1) is 11.6. The number of rotatable bonds is 6. The molecule has 1 N–H and O–H groups in total. The van der Waals surface area contributed by atoms with Crippen molar-refractivity contribution < 1.29 is 14.6 Å². The van der Waals surface area contributed by atoms with Crippen LogP contribution in [0.1, 0.15) is 26.1 Å². The van der Waals surface area contributed by atoms with E-state index in [1.807, 2.05) is 6.92 Å². The average molecular weight is 214 g/mol. The summed E-state index contributed by atoms with van der Waals surface area (Å²) in [4.78, 5) is 10.5. The van der Waals surface area contributed by atoms with Gasteiger partial charge in [-0.2, -0.15) is 0 Å². The number of tetrazole rings is 1. The fourth-order valence-electron chi connectivity index (χ4n) is 0.983. The Hall–Kier alpha value is -1.50. The molecule has 7 nitrogen and oxygen atoms in total. The van der Waals surface area contributed by atoms with Gasteiger partial charge < -0.3 is 9.84 Å². The summed E-state index contributed by atoms with van der Waals surface area (Å²) < 4.78 is 6.68. The van der Waals surface area contributed by atoms with Gasteiger partial charge >= 0.3 is 5.97 Å². The first-order valence-corrected chi connectivity index (χ1v) is 4.74. The van der Waals surface area contributed by atoms with Gasteiger partial charge in [-0.25, -0.2) is 9.48 Å². The van der Waals surface area contributed by atoms with Gasteiger partial charge in [0.2, 0.25) is 0 Å². The largest absolute Gasteiger partial charge is 0.479 e. The Morgan fingerprint density at radius 1 is 1.67 bits per heavy atom. The molecule has 1 heterocycles. The van der Waals surface area contributed by atoms with E-state index in [-0.39, 0.29) is 6.61 Å². The Bertz CT molecular complexity index is 325. The van der Waals surface area contributed by atoms with Crippen molar-refractivity contribution in [3.05, 3.63) is 5.82 Å². The summed E-state index contributed by atoms with van der Waals surface area (Å²) in [6, 6.07) is 0. The average Bonchev–Trinajstić information content (AvgIpc) is 2.62. The number of carboxylic acids is 1. The molecule has 1 rings (SSSR count). The van der Waals surface area contributed by atoms with Crippen molar-refractivity contribution >= 4 is 5.97 Å². The van der Waals surface area contributed by atoms with E-state index in [2.05, 4.69) is 15.5 Å². The molecule has 0 aliphatic carbocycles. The monoisotopic (exact) mass is 214 g/mol. The van der Waals surface area contributed by atoms with E-state index in [0.717, 1.165) is 6.42 Å². The van der Waals surface area contributed by atoms with Crippen molar-refractivity contribution in [2.24, 2.45) is 0 Å². The summed E-state index contributed by atoms with van der Waals surface area (Å²) in [6.07, 6.45) is 0.0590. The van der Waals surface area contributed by atoms with Gasteiger partial charge in [0, 0.05) is 6.54 Å². The number of aliphatic carboxylic acids is 1. The molecule has 0 spiro atoms. The van der Waals surface area contributed by atoms with Gasteiger partial charge in [-0.05, 0) is 23.8 Å². The first-order valence-electron chi connectivity index (χ1n) is 4.74. The number of carbonyl (C=O) groups is 1. The number of hydrogen-bond donors (Lipinski definition) is 1. The Morgan fingerprint density at radius 2 is 2.40 bits per heavy atom. The summed E-state index contributed by atoms with van der Waals surface area (Å²) >= 11 is 0. The summed E-state index contributed by atoms with van der Waals surface area (Å²) in [5.74, 6) is -0.450. The third-order valence-corrected chi connectivity index (χ3v) is 1.85. The van der Waals surface area contributed by atoms with Crippen molar-refractivity contribution in [2.45, 2.75) is 39.5 Å². The van der Waals surface area contributed by atoms with Crippen LogP contribution >= 0.6 is 0 Å². The van der Waals surface area contributed by atoms with Gasteiger partial charge in [0.25, 0.3) is 0 Å². The molecule has 0 saturated heterocycles. The zero-order valence-electron chi connectivity index (χ0n) is 8.75. The fraction of sp³-hybridized carbons (Fsp3) is 0.750. The minimum Gasteiger partial charge on any atom is -0.479 e. The number of aryl methyl sites for hydroxylation is 1. The summed E-state index contributed by atoms with van der Waals surface area (Å²) in [5.41, 5.74) is 0. The van der Waals surface area contributed by atoms with E-state index in [0.29, 0.717) is 12.4 Å². The van der Waals surface area contributed by atoms with E-state index in [1.165, 1.54) is 6.92 Å². The van der Waals surface area contributed by atoms with Crippen LogP contribution in [0.3, 0.4) is 0 Å². The summed E-state index contributed by atoms with van der Waals surface area (Å²) in [5, 5.41) is 19.6. The molecule has 7 heteroatoms. The topological polar surface area (TPSA) is 90.1 Å². The molecule has 1 atom stereocenters. The molecule has 0 fully saturated rings. The van der Waals surface area contributed by atoms with Crippen LogP contribution in [0.5, 0.6) is 0 Å². The lowest BCUT2D eigenvalue weighted by atomic mass is 10.4. The molecule has 1 aromatic rings. The SMILES string of the molecule is CCCn1nnnc1CO[C@@H](C)C(=O)O. The highest BCUT2D eigenvalue weighted by Crippen LogP contribution is 2.00. The van der Waals surface area contributed by atoms with Gasteiger partial charge in [0.1, 0.15) is 6.61 Å².